The summed E-state index contributed by atoms with van der Waals surface area (Å²) in [7, 11) is 0. The van der Waals surface area contributed by atoms with E-state index in [0.717, 1.165) is 5.56 Å². The number of carbonyl (C=O) groups excluding carboxylic acids is 1. The Kier molecular flexibility index (Phi) is 3.68. The zero-order valence-electron chi connectivity index (χ0n) is 9.01. The third-order valence-electron chi connectivity index (χ3n) is 2.24. The van der Waals surface area contributed by atoms with E-state index < -0.39 is 0 Å². The summed E-state index contributed by atoms with van der Waals surface area (Å²) in [5.74, 6) is -0.134. The van der Waals surface area contributed by atoms with Crippen LogP contribution in [0.1, 0.15) is 16.1 Å². The molecule has 1 heterocycles. The molecule has 1 aromatic heterocycles. The molecule has 3 heteroatoms. The van der Waals surface area contributed by atoms with Gasteiger partial charge in [-0.1, -0.05) is 35.9 Å². The lowest BCUT2D eigenvalue weighted by Crippen LogP contribution is -1.96. The largest absolute Gasteiger partial charge is 0.288 e. The third-order valence-corrected chi connectivity index (χ3v) is 2.58. The Morgan fingerprint density at radius 3 is 2.59 bits per heavy atom. The quantitative estimate of drug-likeness (QED) is 0.609. The van der Waals surface area contributed by atoms with Gasteiger partial charge in [0.2, 0.25) is 5.78 Å². The number of hydrogen-bond donors (Lipinski definition) is 0. The highest BCUT2D eigenvalue weighted by Crippen LogP contribution is 2.16. The van der Waals surface area contributed by atoms with Crippen LogP contribution in [0.15, 0.2) is 54.7 Å². The van der Waals surface area contributed by atoms with E-state index in [9.17, 15) is 4.79 Å². The molecule has 0 aliphatic carbocycles. The lowest BCUT2D eigenvalue weighted by molar-refractivity contribution is 0.104. The molecule has 0 radical (unpaired) electrons. The van der Waals surface area contributed by atoms with Crippen molar-refractivity contribution >= 4 is 23.5 Å². The number of benzene rings is 1. The zero-order chi connectivity index (χ0) is 12.1. The van der Waals surface area contributed by atoms with Gasteiger partial charge in [-0.2, -0.15) is 0 Å². The van der Waals surface area contributed by atoms with Gasteiger partial charge in [-0.25, -0.2) is 0 Å². The highest BCUT2D eigenvalue weighted by molar-refractivity contribution is 6.32. The Bertz CT molecular complexity index is 549. The Labute approximate surface area is 105 Å². The molecule has 17 heavy (non-hydrogen) atoms. The first-order valence-corrected chi connectivity index (χ1v) is 5.53. The summed E-state index contributed by atoms with van der Waals surface area (Å²) in [6.45, 7) is 0. The number of carbonyl (C=O) groups is 1. The fraction of sp³-hybridized carbons (Fsp3) is 0. The summed E-state index contributed by atoms with van der Waals surface area (Å²) in [5.41, 5.74) is 1.24. The molecule has 0 amide bonds. The molecule has 0 fully saturated rings. The summed E-state index contributed by atoms with van der Waals surface area (Å²) in [5, 5.41) is 0.623. The summed E-state index contributed by atoms with van der Waals surface area (Å²) in [4.78, 5) is 15.7. The predicted molar refractivity (Wildman–Crippen MR) is 69.1 cm³/mol. The highest BCUT2D eigenvalue weighted by atomic mass is 35.5. The zero-order valence-corrected chi connectivity index (χ0v) is 9.76. The van der Waals surface area contributed by atoms with Crippen molar-refractivity contribution in [1.82, 2.24) is 4.98 Å². The van der Waals surface area contributed by atoms with Crippen molar-refractivity contribution in [3.63, 3.8) is 0 Å². The molecule has 2 rings (SSSR count). The van der Waals surface area contributed by atoms with Gasteiger partial charge in [0.05, 0.1) is 0 Å². The van der Waals surface area contributed by atoms with Crippen molar-refractivity contribution in [3.8, 4) is 0 Å². The summed E-state index contributed by atoms with van der Waals surface area (Å²) in [6, 6.07) is 12.6. The Morgan fingerprint density at radius 2 is 1.88 bits per heavy atom. The first kappa shape index (κ1) is 11.6. The van der Waals surface area contributed by atoms with E-state index >= 15 is 0 Å². The molecule has 0 bridgehead atoms. The van der Waals surface area contributed by atoms with Gasteiger partial charge in [0.1, 0.15) is 5.69 Å². The lowest BCUT2D eigenvalue weighted by atomic mass is 10.1. The second-order valence-corrected chi connectivity index (χ2v) is 3.84. The average molecular weight is 244 g/mol. The first-order valence-electron chi connectivity index (χ1n) is 5.15. The molecular formula is C14H10ClNO. The van der Waals surface area contributed by atoms with Gasteiger partial charge in [-0.05, 0) is 35.9 Å². The summed E-state index contributed by atoms with van der Waals surface area (Å²) >= 11 is 5.98. The number of ketones is 1. The molecule has 1 aromatic carbocycles. The molecule has 0 atom stereocenters. The maximum Gasteiger partial charge on any atom is 0.204 e. The molecule has 0 saturated heterocycles. The molecular weight excluding hydrogens is 234 g/mol. The van der Waals surface area contributed by atoms with Crippen LogP contribution in [0, 0.1) is 0 Å². The van der Waals surface area contributed by atoms with Crippen LogP contribution >= 0.6 is 11.6 Å². The molecule has 2 aromatic rings. The van der Waals surface area contributed by atoms with Crippen LogP contribution in [0.25, 0.3) is 6.08 Å². The van der Waals surface area contributed by atoms with Crippen LogP contribution in [-0.2, 0) is 0 Å². The van der Waals surface area contributed by atoms with E-state index in [-0.39, 0.29) is 5.78 Å². The van der Waals surface area contributed by atoms with Crippen molar-refractivity contribution in [2.75, 3.05) is 0 Å². The van der Waals surface area contributed by atoms with Gasteiger partial charge in [0, 0.05) is 11.2 Å². The fourth-order valence-corrected chi connectivity index (χ4v) is 1.57. The molecule has 0 saturated carbocycles. The van der Waals surface area contributed by atoms with Gasteiger partial charge < -0.3 is 0 Å². The second kappa shape index (κ2) is 5.41. The fourth-order valence-electron chi connectivity index (χ4n) is 1.37. The molecule has 0 aliphatic rings. The van der Waals surface area contributed by atoms with Crippen molar-refractivity contribution in [1.29, 1.82) is 0 Å². The van der Waals surface area contributed by atoms with Crippen LogP contribution in [0.3, 0.4) is 0 Å². The second-order valence-electron chi connectivity index (χ2n) is 3.43. The van der Waals surface area contributed by atoms with Gasteiger partial charge >= 0.3 is 0 Å². The number of nitrogens with zero attached hydrogens (tertiary/aromatic N) is 1. The molecule has 0 N–H and O–H groups in total. The Morgan fingerprint density at radius 1 is 1.12 bits per heavy atom. The maximum absolute atomic E-state index is 11.7. The van der Waals surface area contributed by atoms with Crippen LogP contribution < -0.4 is 0 Å². The number of hydrogen-bond acceptors (Lipinski definition) is 2. The maximum atomic E-state index is 11.7. The van der Waals surface area contributed by atoms with Gasteiger partial charge in [-0.15, -0.1) is 0 Å². The van der Waals surface area contributed by atoms with Crippen LogP contribution in [0.2, 0.25) is 5.02 Å². The lowest BCUT2D eigenvalue weighted by Gasteiger charge is -1.96. The molecule has 0 unspecified atom stereocenters. The Hall–Kier alpha value is -1.93. The molecule has 2 nitrogen and oxygen atoms in total. The van der Waals surface area contributed by atoms with Crippen molar-refractivity contribution in [2.45, 2.75) is 0 Å². The van der Waals surface area contributed by atoms with Crippen molar-refractivity contribution in [3.05, 3.63) is 71.0 Å². The topological polar surface area (TPSA) is 30.0 Å². The number of allylic oxidation sites excluding steroid dienone is 1. The minimum absolute atomic E-state index is 0.134. The number of halogens is 1. The normalized spacial score (nSPS) is 10.6. The van der Waals surface area contributed by atoms with Crippen LogP contribution in [0.5, 0.6) is 0 Å². The van der Waals surface area contributed by atoms with Gasteiger partial charge in [0.25, 0.3) is 0 Å². The van der Waals surface area contributed by atoms with E-state index in [1.807, 2.05) is 18.2 Å². The minimum Gasteiger partial charge on any atom is -0.288 e. The van der Waals surface area contributed by atoms with Gasteiger partial charge in [0.15, 0.2) is 0 Å². The number of aromatic nitrogens is 1. The molecule has 0 spiro atoms. The predicted octanol–water partition coefficient (Wildman–Crippen LogP) is 3.63. The first-order chi connectivity index (χ1) is 8.27. The molecule has 84 valence electrons. The van der Waals surface area contributed by atoms with Gasteiger partial charge in [-0.3, -0.25) is 9.78 Å². The number of rotatable bonds is 3. The van der Waals surface area contributed by atoms with E-state index in [1.165, 1.54) is 6.08 Å². The minimum atomic E-state index is -0.134. The summed E-state index contributed by atoms with van der Waals surface area (Å²) in [6.07, 6.45) is 4.76. The van der Waals surface area contributed by atoms with E-state index in [1.54, 1.807) is 36.5 Å². The molecule has 0 aliphatic heterocycles. The van der Waals surface area contributed by atoms with E-state index in [2.05, 4.69) is 4.98 Å². The number of pyridine rings is 1. The van der Waals surface area contributed by atoms with Crippen molar-refractivity contribution in [2.24, 2.45) is 0 Å². The smallest absolute Gasteiger partial charge is 0.204 e. The van der Waals surface area contributed by atoms with E-state index in [0.29, 0.717) is 10.7 Å². The average Bonchev–Trinajstić information content (AvgIpc) is 2.38. The van der Waals surface area contributed by atoms with Crippen LogP contribution in [0.4, 0.5) is 0 Å². The van der Waals surface area contributed by atoms with E-state index in [4.69, 9.17) is 11.6 Å². The highest BCUT2D eigenvalue weighted by Gasteiger charge is 2.01. The monoisotopic (exact) mass is 243 g/mol. The Balaban J connectivity index is 2.17. The SMILES string of the molecule is O=C(C=Cc1ccccc1Cl)c1ccccn1. The van der Waals surface area contributed by atoms with Crippen molar-refractivity contribution < 1.29 is 4.79 Å². The summed E-state index contributed by atoms with van der Waals surface area (Å²) < 4.78 is 0. The third kappa shape index (κ3) is 3.02. The standard InChI is InChI=1S/C14H10ClNO/c15-12-6-2-1-5-11(12)8-9-14(17)13-7-3-4-10-16-13/h1-10H. The van der Waals surface area contributed by atoms with Crippen LogP contribution in [-0.4, -0.2) is 10.8 Å².